The van der Waals surface area contributed by atoms with Gasteiger partial charge in [0.05, 0.1) is 17.6 Å². The van der Waals surface area contributed by atoms with Gasteiger partial charge in [-0.3, -0.25) is 30.6 Å². The van der Waals surface area contributed by atoms with Crippen LogP contribution in [0.4, 0.5) is 5.69 Å². The zero-order valence-electron chi connectivity index (χ0n) is 14.4. The summed E-state index contributed by atoms with van der Waals surface area (Å²) in [6, 6.07) is 9.49. The third-order valence-electron chi connectivity index (χ3n) is 3.38. The molecule has 0 aliphatic rings. The molecule has 0 unspecified atom stereocenters. The molecule has 10 nitrogen and oxygen atoms in total. The van der Waals surface area contributed by atoms with Crippen molar-refractivity contribution in [2.75, 3.05) is 13.7 Å². The Morgan fingerprint density at radius 1 is 1.11 bits per heavy atom. The third kappa shape index (κ3) is 5.17. The molecule has 0 spiro atoms. The summed E-state index contributed by atoms with van der Waals surface area (Å²) in [5.74, 6) is -2.39. The van der Waals surface area contributed by atoms with Crippen molar-refractivity contribution in [2.24, 2.45) is 0 Å². The molecule has 0 heterocycles. The number of amides is 2. The fourth-order valence-electron chi connectivity index (χ4n) is 2.10. The van der Waals surface area contributed by atoms with Crippen molar-refractivity contribution in [3.05, 3.63) is 68.7 Å². The minimum Gasteiger partial charge on any atom is -0.496 e. The average molecular weight is 408 g/mol. The number of rotatable bonds is 6. The van der Waals surface area contributed by atoms with E-state index in [1.54, 1.807) is 0 Å². The Kier molecular flexibility index (Phi) is 6.88. The first-order chi connectivity index (χ1) is 13.3. The van der Waals surface area contributed by atoms with Crippen LogP contribution in [-0.4, -0.2) is 36.4 Å². The maximum Gasteiger partial charge on any atom is 0.345 e. The maximum absolute atomic E-state index is 12.1. The molecular formula is C17H14ClN3O7. The van der Waals surface area contributed by atoms with Gasteiger partial charge in [-0.15, -0.1) is 0 Å². The second-order valence-electron chi connectivity index (χ2n) is 5.20. The molecule has 0 bridgehead atoms. The highest BCUT2D eigenvalue weighted by Gasteiger charge is 2.21. The molecule has 0 saturated carbocycles. The number of hydrogen-bond acceptors (Lipinski definition) is 7. The van der Waals surface area contributed by atoms with Crippen LogP contribution in [0.25, 0.3) is 0 Å². The number of hydrazine groups is 1. The number of hydrogen-bond donors (Lipinski definition) is 2. The summed E-state index contributed by atoms with van der Waals surface area (Å²) in [6.45, 7) is -0.766. The minimum atomic E-state index is -1.05. The molecular weight excluding hydrogens is 394 g/mol. The minimum absolute atomic E-state index is 0.0761. The first kappa shape index (κ1) is 20.6. The van der Waals surface area contributed by atoms with Crippen molar-refractivity contribution in [3.63, 3.8) is 0 Å². The quantitative estimate of drug-likeness (QED) is 0.423. The van der Waals surface area contributed by atoms with Crippen molar-refractivity contribution < 1.29 is 28.8 Å². The van der Waals surface area contributed by atoms with Gasteiger partial charge in [0, 0.05) is 11.1 Å². The Hall–Kier alpha value is -3.66. The van der Waals surface area contributed by atoms with Gasteiger partial charge in [0.15, 0.2) is 6.61 Å². The van der Waals surface area contributed by atoms with E-state index in [1.165, 1.54) is 43.5 Å². The van der Waals surface area contributed by atoms with Crippen molar-refractivity contribution in [1.29, 1.82) is 0 Å². The van der Waals surface area contributed by atoms with Crippen LogP contribution in [0.1, 0.15) is 20.7 Å². The topological polar surface area (TPSA) is 137 Å². The SMILES string of the molecule is COc1ccc(Cl)cc1C(=O)NNC(=O)COC(=O)c1ccccc1[N+](=O)[O-]. The summed E-state index contributed by atoms with van der Waals surface area (Å²) in [5.41, 5.74) is 3.49. The molecule has 2 N–H and O–H groups in total. The Balaban J connectivity index is 1.91. The summed E-state index contributed by atoms with van der Waals surface area (Å²) in [4.78, 5) is 46.0. The average Bonchev–Trinajstić information content (AvgIpc) is 2.70. The van der Waals surface area contributed by atoms with Crippen LogP contribution in [-0.2, 0) is 9.53 Å². The Morgan fingerprint density at radius 3 is 2.50 bits per heavy atom. The van der Waals surface area contributed by atoms with Crippen LogP contribution in [0.15, 0.2) is 42.5 Å². The molecule has 28 heavy (non-hydrogen) atoms. The molecule has 0 saturated heterocycles. The standard InChI is InChI=1S/C17H14ClN3O7/c1-27-14-7-6-10(18)8-12(14)16(23)20-19-15(22)9-28-17(24)11-4-2-3-5-13(11)21(25)26/h2-8H,9H2,1H3,(H,19,22)(H,20,23). The monoisotopic (exact) mass is 407 g/mol. The first-order valence-electron chi connectivity index (χ1n) is 7.66. The van der Waals surface area contributed by atoms with Gasteiger partial charge in [0.25, 0.3) is 17.5 Å². The number of nitro groups is 1. The van der Waals surface area contributed by atoms with Gasteiger partial charge in [0.1, 0.15) is 11.3 Å². The third-order valence-corrected chi connectivity index (χ3v) is 3.61. The lowest BCUT2D eigenvalue weighted by Crippen LogP contribution is -2.43. The molecule has 2 aromatic carbocycles. The van der Waals surface area contributed by atoms with Crippen molar-refractivity contribution in [3.8, 4) is 5.75 Å². The van der Waals surface area contributed by atoms with Crippen LogP contribution >= 0.6 is 11.6 Å². The largest absolute Gasteiger partial charge is 0.496 e. The van der Waals surface area contributed by atoms with Crippen LogP contribution in [0.2, 0.25) is 5.02 Å². The van der Waals surface area contributed by atoms with E-state index in [0.717, 1.165) is 6.07 Å². The number of nitrogens with one attached hydrogen (secondary N) is 2. The second kappa shape index (κ2) is 9.33. The molecule has 0 aliphatic carbocycles. The summed E-state index contributed by atoms with van der Waals surface area (Å²) in [7, 11) is 1.36. The number of nitrogens with zero attached hydrogens (tertiary/aromatic N) is 1. The van der Waals surface area contributed by atoms with Crippen LogP contribution in [0, 0.1) is 10.1 Å². The molecule has 0 aliphatic heterocycles. The summed E-state index contributed by atoms with van der Waals surface area (Å²) < 4.78 is 9.76. The Labute approximate surface area is 163 Å². The van der Waals surface area contributed by atoms with E-state index in [4.69, 9.17) is 21.1 Å². The highest BCUT2D eigenvalue weighted by atomic mass is 35.5. The van der Waals surface area contributed by atoms with Crippen molar-refractivity contribution in [1.82, 2.24) is 10.9 Å². The lowest BCUT2D eigenvalue weighted by molar-refractivity contribution is -0.385. The summed E-state index contributed by atoms with van der Waals surface area (Å²) in [5, 5.41) is 11.2. The molecule has 0 fully saturated rings. The number of carbonyl (C=O) groups excluding carboxylic acids is 3. The lowest BCUT2D eigenvalue weighted by atomic mass is 10.2. The number of esters is 1. The molecule has 0 atom stereocenters. The zero-order chi connectivity index (χ0) is 20.7. The van der Waals surface area contributed by atoms with E-state index in [2.05, 4.69) is 5.43 Å². The van der Waals surface area contributed by atoms with Gasteiger partial charge < -0.3 is 9.47 Å². The fourth-order valence-corrected chi connectivity index (χ4v) is 2.27. The van der Waals surface area contributed by atoms with E-state index in [1.807, 2.05) is 5.43 Å². The van der Waals surface area contributed by atoms with Gasteiger partial charge >= 0.3 is 5.97 Å². The van der Waals surface area contributed by atoms with Gasteiger partial charge in [-0.1, -0.05) is 23.7 Å². The van der Waals surface area contributed by atoms with E-state index in [0.29, 0.717) is 0 Å². The van der Waals surface area contributed by atoms with Gasteiger partial charge in [-0.2, -0.15) is 0 Å². The van der Waals surface area contributed by atoms with Gasteiger partial charge in [-0.05, 0) is 24.3 Å². The number of methoxy groups -OCH3 is 1. The lowest BCUT2D eigenvalue weighted by Gasteiger charge is -2.11. The molecule has 11 heteroatoms. The molecule has 0 radical (unpaired) electrons. The van der Waals surface area contributed by atoms with E-state index in [-0.39, 0.29) is 21.9 Å². The van der Waals surface area contributed by atoms with E-state index >= 15 is 0 Å². The number of para-hydroxylation sites is 1. The first-order valence-corrected chi connectivity index (χ1v) is 8.04. The predicted molar refractivity (Wildman–Crippen MR) is 97.0 cm³/mol. The van der Waals surface area contributed by atoms with Crippen LogP contribution in [0.3, 0.4) is 0 Å². The molecule has 2 rings (SSSR count). The highest BCUT2D eigenvalue weighted by Crippen LogP contribution is 2.22. The summed E-state index contributed by atoms with van der Waals surface area (Å²) in [6.07, 6.45) is 0. The number of benzene rings is 2. The Morgan fingerprint density at radius 2 is 1.82 bits per heavy atom. The van der Waals surface area contributed by atoms with Crippen LogP contribution in [0.5, 0.6) is 5.75 Å². The molecule has 2 aromatic rings. The smallest absolute Gasteiger partial charge is 0.345 e. The number of nitro benzene ring substituents is 1. The van der Waals surface area contributed by atoms with E-state index < -0.39 is 35.0 Å². The van der Waals surface area contributed by atoms with Crippen molar-refractivity contribution in [2.45, 2.75) is 0 Å². The number of carbonyl (C=O) groups is 3. The van der Waals surface area contributed by atoms with Crippen LogP contribution < -0.4 is 15.6 Å². The second-order valence-corrected chi connectivity index (χ2v) is 5.63. The predicted octanol–water partition coefficient (Wildman–Crippen LogP) is 1.87. The normalized spacial score (nSPS) is 9.93. The number of halogens is 1. The van der Waals surface area contributed by atoms with Gasteiger partial charge in [0.2, 0.25) is 0 Å². The van der Waals surface area contributed by atoms with E-state index in [9.17, 15) is 24.5 Å². The van der Waals surface area contributed by atoms with Gasteiger partial charge in [-0.25, -0.2) is 4.79 Å². The molecule has 0 aromatic heterocycles. The molecule has 146 valence electrons. The fraction of sp³-hybridized carbons (Fsp3) is 0.118. The number of ether oxygens (including phenoxy) is 2. The van der Waals surface area contributed by atoms with Crippen molar-refractivity contribution >= 4 is 35.1 Å². The maximum atomic E-state index is 12.1. The molecule has 2 amide bonds. The summed E-state index contributed by atoms with van der Waals surface area (Å²) >= 11 is 5.83. The zero-order valence-corrected chi connectivity index (χ0v) is 15.2. The Bertz CT molecular complexity index is 933. The highest BCUT2D eigenvalue weighted by molar-refractivity contribution is 6.31.